The van der Waals surface area contributed by atoms with E-state index in [1.807, 2.05) is 18.2 Å². The minimum atomic E-state index is -3.14. The largest absolute Gasteiger partial charge is 0.355 e. The molecule has 0 bridgehead atoms. The third-order valence-corrected chi connectivity index (χ3v) is 5.28. The molecule has 2 heterocycles. The highest BCUT2D eigenvalue weighted by atomic mass is 32.2. The molecule has 0 atom stereocenters. The zero-order valence-corrected chi connectivity index (χ0v) is 15.1. The van der Waals surface area contributed by atoms with Crippen LogP contribution in [0.2, 0.25) is 0 Å². The van der Waals surface area contributed by atoms with Crippen molar-refractivity contribution in [2.45, 2.75) is 6.92 Å². The van der Waals surface area contributed by atoms with Crippen LogP contribution in [0, 0.1) is 0 Å². The van der Waals surface area contributed by atoms with Crippen LogP contribution in [0.5, 0.6) is 0 Å². The highest BCUT2D eigenvalue weighted by molar-refractivity contribution is 7.89. The summed E-state index contributed by atoms with van der Waals surface area (Å²) in [5, 5.41) is 3.21. The fraction of sp³-hybridized carbons (Fsp3) is 0.600. The molecular weight excluding hydrogens is 328 g/mol. The molecule has 9 heteroatoms. The molecule has 134 valence electrons. The molecule has 2 rings (SSSR count). The first-order valence-electron chi connectivity index (χ1n) is 8.14. The number of nitrogens with one attached hydrogen (secondary N) is 2. The van der Waals surface area contributed by atoms with Crippen molar-refractivity contribution in [1.29, 1.82) is 0 Å². The van der Waals surface area contributed by atoms with Gasteiger partial charge < -0.3 is 15.1 Å². The molecule has 2 N–H and O–H groups in total. The van der Waals surface area contributed by atoms with Gasteiger partial charge >= 0.3 is 0 Å². The van der Waals surface area contributed by atoms with Crippen molar-refractivity contribution < 1.29 is 8.42 Å². The van der Waals surface area contributed by atoms with Gasteiger partial charge in [-0.05, 0) is 19.1 Å². The number of hydrogen-bond acceptors (Lipinski definition) is 5. The van der Waals surface area contributed by atoms with Crippen molar-refractivity contribution in [2.24, 2.45) is 4.99 Å². The van der Waals surface area contributed by atoms with E-state index >= 15 is 0 Å². The molecule has 1 aliphatic heterocycles. The Bertz CT molecular complexity index is 627. The molecule has 1 fully saturated rings. The molecule has 0 aliphatic carbocycles. The second kappa shape index (κ2) is 8.84. The summed E-state index contributed by atoms with van der Waals surface area (Å²) in [5.41, 5.74) is 0. The van der Waals surface area contributed by atoms with E-state index in [1.165, 1.54) is 0 Å². The summed E-state index contributed by atoms with van der Waals surface area (Å²) in [5.74, 6) is 1.89. The van der Waals surface area contributed by atoms with Gasteiger partial charge in [-0.3, -0.25) is 4.99 Å². The van der Waals surface area contributed by atoms with Gasteiger partial charge in [-0.15, -0.1) is 0 Å². The van der Waals surface area contributed by atoms with Crippen LogP contribution in [-0.2, 0) is 10.0 Å². The minimum Gasteiger partial charge on any atom is -0.355 e. The zero-order valence-electron chi connectivity index (χ0n) is 14.3. The fourth-order valence-electron chi connectivity index (χ4n) is 2.50. The Morgan fingerprint density at radius 1 is 1.25 bits per heavy atom. The van der Waals surface area contributed by atoms with Gasteiger partial charge in [-0.1, -0.05) is 6.07 Å². The smallest absolute Gasteiger partial charge is 0.211 e. The van der Waals surface area contributed by atoms with Gasteiger partial charge in [0.2, 0.25) is 10.0 Å². The van der Waals surface area contributed by atoms with Crippen molar-refractivity contribution in [3.05, 3.63) is 24.4 Å². The maximum absolute atomic E-state index is 11.4. The summed E-state index contributed by atoms with van der Waals surface area (Å²) in [6.07, 6.45) is 1.81. The van der Waals surface area contributed by atoms with Crippen LogP contribution < -0.4 is 14.9 Å². The summed E-state index contributed by atoms with van der Waals surface area (Å²) in [6.45, 7) is 5.92. The molecular formula is C15H26N6O2S. The van der Waals surface area contributed by atoms with Crippen LogP contribution in [0.15, 0.2) is 29.4 Å². The van der Waals surface area contributed by atoms with Gasteiger partial charge in [0.15, 0.2) is 5.96 Å². The first-order chi connectivity index (χ1) is 11.6. The lowest BCUT2D eigenvalue weighted by atomic mass is 10.3. The normalized spacial score (nSPS) is 16.3. The summed E-state index contributed by atoms with van der Waals surface area (Å²) in [6, 6.07) is 5.92. The highest BCUT2D eigenvalue weighted by Crippen LogP contribution is 2.12. The van der Waals surface area contributed by atoms with E-state index in [9.17, 15) is 8.42 Å². The Balaban J connectivity index is 1.77. The molecule has 0 radical (unpaired) electrons. The molecule has 0 spiro atoms. The van der Waals surface area contributed by atoms with Gasteiger partial charge in [0.1, 0.15) is 5.82 Å². The first-order valence-corrected chi connectivity index (χ1v) is 9.80. The van der Waals surface area contributed by atoms with Crippen LogP contribution in [0.25, 0.3) is 0 Å². The number of hydrogen-bond donors (Lipinski definition) is 2. The van der Waals surface area contributed by atoms with Crippen LogP contribution in [0.4, 0.5) is 5.82 Å². The molecule has 24 heavy (non-hydrogen) atoms. The van der Waals surface area contributed by atoms with E-state index < -0.39 is 10.0 Å². The number of aromatic nitrogens is 1. The predicted molar refractivity (Wildman–Crippen MR) is 96.8 cm³/mol. The average Bonchev–Trinajstić information content (AvgIpc) is 2.63. The van der Waals surface area contributed by atoms with E-state index in [2.05, 4.69) is 29.8 Å². The van der Waals surface area contributed by atoms with Gasteiger partial charge in [0, 0.05) is 52.5 Å². The highest BCUT2D eigenvalue weighted by Gasteiger charge is 2.20. The quantitative estimate of drug-likeness (QED) is 0.415. The molecule has 8 nitrogen and oxygen atoms in total. The van der Waals surface area contributed by atoms with Crippen LogP contribution in [0.1, 0.15) is 6.92 Å². The van der Waals surface area contributed by atoms with Crippen molar-refractivity contribution >= 4 is 21.8 Å². The first kappa shape index (κ1) is 18.5. The number of pyridine rings is 1. The van der Waals surface area contributed by atoms with E-state index in [4.69, 9.17) is 0 Å². The number of sulfonamides is 1. The second-order valence-corrected chi connectivity index (χ2v) is 7.53. The fourth-order valence-corrected chi connectivity index (χ4v) is 3.12. The molecule has 0 unspecified atom stereocenters. The van der Waals surface area contributed by atoms with Crippen LogP contribution >= 0.6 is 0 Å². The number of aliphatic imine (C=N–C) groups is 1. The monoisotopic (exact) mass is 354 g/mol. The van der Waals surface area contributed by atoms with Crippen LogP contribution in [-0.4, -0.2) is 76.3 Å². The summed E-state index contributed by atoms with van der Waals surface area (Å²) < 4.78 is 25.3. The third-order valence-electron chi connectivity index (χ3n) is 3.87. The number of guanidine groups is 1. The molecule has 1 saturated heterocycles. The second-order valence-electron chi connectivity index (χ2n) is 5.43. The zero-order chi connectivity index (χ0) is 17.4. The Hall–Kier alpha value is -1.87. The van der Waals surface area contributed by atoms with Crippen molar-refractivity contribution in [3.63, 3.8) is 0 Å². The summed E-state index contributed by atoms with van der Waals surface area (Å²) in [4.78, 5) is 13.1. The number of piperazine rings is 1. The van der Waals surface area contributed by atoms with Crippen LogP contribution in [0.3, 0.4) is 0 Å². The Kier molecular flexibility index (Phi) is 6.80. The van der Waals surface area contributed by atoms with E-state index in [-0.39, 0.29) is 5.75 Å². The summed E-state index contributed by atoms with van der Waals surface area (Å²) >= 11 is 0. The topological polar surface area (TPSA) is 89.9 Å². The molecule has 0 amide bonds. The summed E-state index contributed by atoms with van der Waals surface area (Å²) in [7, 11) is -1.40. The van der Waals surface area contributed by atoms with E-state index in [0.717, 1.165) is 38.0 Å². The van der Waals surface area contributed by atoms with E-state index in [1.54, 1.807) is 20.2 Å². The number of rotatable bonds is 6. The maximum Gasteiger partial charge on any atom is 0.211 e. The van der Waals surface area contributed by atoms with Crippen molar-refractivity contribution in [3.8, 4) is 0 Å². The lowest BCUT2D eigenvalue weighted by Crippen LogP contribution is -2.53. The van der Waals surface area contributed by atoms with Gasteiger partial charge in [0.05, 0.1) is 5.75 Å². The number of nitrogens with zero attached hydrogens (tertiary/aromatic N) is 4. The molecule has 1 aromatic heterocycles. The van der Waals surface area contributed by atoms with Gasteiger partial charge in [0.25, 0.3) is 0 Å². The minimum absolute atomic E-state index is 0.0944. The molecule has 1 aromatic rings. The van der Waals surface area contributed by atoms with Crippen molar-refractivity contribution in [2.75, 3.05) is 57.0 Å². The molecule has 1 aliphatic rings. The van der Waals surface area contributed by atoms with Gasteiger partial charge in [-0.25, -0.2) is 18.1 Å². The predicted octanol–water partition coefficient (Wildman–Crippen LogP) is -0.282. The van der Waals surface area contributed by atoms with Gasteiger partial charge in [-0.2, -0.15) is 0 Å². The Labute approximate surface area is 144 Å². The maximum atomic E-state index is 11.4. The SMILES string of the molecule is CCS(=O)(=O)NCCNC(=NC)N1CCN(c2ccccn2)CC1. The average molecular weight is 354 g/mol. The van der Waals surface area contributed by atoms with E-state index in [0.29, 0.717) is 13.1 Å². The lowest BCUT2D eigenvalue weighted by molar-refractivity contribution is 0.372. The Morgan fingerprint density at radius 3 is 2.58 bits per heavy atom. The van der Waals surface area contributed by atoms with Crippen molar-refractivity contribution in [1.82, 2.24) is 19.9 Å². The lowest BCUT2D eigenvalue weighted by Gasteiger charge is -2.37. The molecule has 0 saturated carbocycles. The Morgan fingerprint density at radius 2 is 2.00 bits per heavy atom. The standard InChI is InChI=1S/C15H26N6O2S/c1-3-24(22,23)19-9-8-18-15(16-2)21-12-10-20(11-13-21)14-6-4-5-7-17-14/h4-7,19H,3,8-13H2,1-2H3,(H,16,18). The third kappa shape index (κ3) is 5.34. The molecule has 0 aromatic carbocycles. The number of anilines is 1.